The van der Waals surface area contributed by atoms with E-state index in [4.69, 9.17) is 65.4 Å². The summed E-state index contributed by atoms with van der Waals surface area (Å²) in [5.41, 5.74) is 14.1. The van der Waals surface area contributed by atoms with Gasteiger partial charge in [0.2, 0.25) is 5.91 Å². The summed E-state index contributed by atoms with van der Waals surface area (Å²) in [5, 5.41) is 6.68. The highest BCUT2D eigenvalue weighted by Gasteiger charge is 2.56. The molecule has 0 radical (unpaired) electrons. The number of amides is 1. The zero-order chi connectivity index (χ0) is 64.0. The van der Waals surface area contributed by atoms with Gasteiger partial charge in [-0.1, -0.05) is 175 Å². The molecule has 0 spiro atoms. The van der Waals surface area contributed by atoms with Gasteiger partial charge in [-0.3, -0.25) is 28.0 Å². The first kappa shape index (κ1) is 70.1. The van der Waals surface area contributed by atoms with E-state index < -0.39 is 125 Å². The van der Waals surface area contributed by atoms with E-state index in [9.17, 15) is 24.7 Å². The zero-order valence-electron chi connectivity index (χ0n) is 51.9. The van der Waals surface area contributed by atoms with Crippen molar-refractivity contribution in [3.8, 4) is 0 Å². The predicted octanol–water partition coefficient (Wildman–Crippen LogP) is 11.8. The summed E-state index contributed by atoms with van der Waals surface area (Å²) in [7, 11) is -7.54. The molecule has 89 heavy (non-hydrogen) atoms. The van der Waals surface area contributed by atoms with Crippen molar-refractivity contribution >= 4 is 40.1 Å². The van der Waals surface area contributed by atoms with Gasteiger partial charge in [0, 0.05) is 11.3 Å². The van der Waals surface area contributed by atoms with Gasteiger partial charge in [0.15, 0.2) is 27.0 Å². The van der Waals surface area contributed by atoms with Crippen LogP contribution in [-0.2, 0) is 117 Å². The molecule has 0 aromatic heterocycles. The Bertz CT molecular complexity index is 2960. The Balaban J connectivity index is 1.32. The number of carbonyl (C=O) groups excluding carboxylic acids is 4. The molecular weight excluding hydrogens is 1190 g/mol. The van der Waals surface area contributed by atoms with Crippen LogP contribution in [0.5, 0.6) is 0 Å². The quantitative estimate of drug-likeness (QED) is 0.00716. The molecule has 0 aliphatic carbocycles. The SMILES string of the molecule is C=CCOC(=O)O[C@@H]1C(NC(=O)C[C@@H](CC)OC(=O)CC)[C@H](OCC2OC(O[Si](C)(C)C(C)(C)C)C(N=[N+]=[N-])[C@@H](OC(=O)C[C@@H](CC)OCc3ccccc3)[C@H]2OCc2ccccc2)OC(COCc2ccccc2)[C@@H]1OP1(=O)OCc2ccccc2CO1. The van der Waals surface area contributed by atoms with Crippen molar-refractivity contribution in [1.29, 1.82) is 0 Å². The third-order valence-electron chi connectivity index (χ3n) is 15.7. The molecule has 3 aliphatic heterocycles. The number of phosphoric acid groups is 1. The van der Waals surface area contributed by atoms with Gasteiger partial charge in [-0.2, -0.15) is 0 Å². The lowest BCUT2D eigenvalue weighted by Crippen LogP contribution is -2.67. The third kappa shape index (κ3) is 20.8. The topological polar surface area (TPSA) is 275 Å². The van der Waals surface area contributed by atoms with E-state index in [1.54, 1.807) is 38.1 Å². The van der Waals surface area contributed by atoms with Crippen LogP contribution in [0, 0.1) is 0 Å². The standard InChI is InChI=1S/C64H85N4O19PSi/c1-10-33-75-63(72)85-59-55(66-52(69)34-49(12-3)81-53(70)13-4)61(82-50(41-74-36-43-25-17-14-18-26-43)58(59)86-88(73)79-39-46-31-23-24-32-47(46)40-80-88)78-42-51-57(77-38-45-29-21-16-22-30-45)60(56(67-68-65)62(83-51)87-89(8,9)64(5,6)7)84-54(71)35-48(11-2)76-37-44-27-19-15-20-28-44/h10,14-32,48-51,55-62H,1,11-13,33-42H2,2-9H3,(H,66,69)/t48-,49-,50?,51?,55?,56?,57+,58+,59-,60-,61-,62?/m1/s1. The first-order valence-corrected chi connectivity index (χ1v) is 34.5. The Morgan fingerprint density at radius 3 is 1.87 bits per heavy atom. The summed E-state index contributed by atoms with van der Waals surface area (Å²) in [6.07, 6.45) is -13.1. The van der Waals surface area contributed by atoms with Crippen LogP contribution in [0.25, 0.3) is 10.4 Å². The van der Waals surface area contributed by atoms with Crippen molar-refractivity contribution in [2.75, 3.05) is 19.8 Å². The average Bonchev–Trinajstić information content (AvgIpc) is 1.56. The van der Waals surface area contributed by atoms with Gasteiger partial charge in [0.25, 0.3) is 0 Å². The lowest BCUT2D eigenvalue weighted by atomic mass is 9.95. The molecule has 2 fully saturated rings. The van der Waals surface area contributed by atoms with Crippen molar-refractivity contribution in [1.82, 2.24) is 5.32 Å². The molecule has 25 heteroatoms. The van der Waals surface area contributed by atoms with Gasteiger partial charge in [-0.25, -0.2) is 9.36 Å². The first-order valence-electron chi connectivity index (χ1n) is 30.1. The van der Waals surface area contributed by atoms with E-state index >= 15 is 4.57 Å². The van der Waals surface area contributed by atoms with Crippen molar-refractivity contribution in [3.63, 3.8) is 0 Å². The Labute approximate surface area is 521 Å². The third-order valence-corrected chi connectivity index (χ3v) is 21.5. The number of carbonyl (C=O) groups is 4. The van der Waals surface area contributed by atoms with Crippen molar-refractivity contribution in [2.24, 2.45) is 5.11 Å². The van der Waals surface area contributed by atoms with Crippen molar-refractivity contribution < 1.29 is 89.1 Å². The van der Waals surface area contributed by atoms with Gasteiger partial charge in [0.1, 0.15) is 55.3 Å². The Morgan fingerprint density at radius 2 is 1.29 bits per heavy atom. The Hall–Kier alpha value is -6.34. The smallest absolute Gasteiger partial charge is 0.462 e. The highest BCUT2D eigenvalue weighted by molar-refractivity contribution is 7.48. The Kier molecular flexibility index (Phi) is 26.9. The molecule has 4 aromatic carbocycles. The molecule has 5 unspecified atom stereocenters. The first-order chi connectivity index (χ1) is 42.7. The summed E-state index contributed by atoms with van der Waals surface area (Å²) in [6, 6.07) is 32.2. The minimum Gasteiger partial charge on any atom is -0.462 e. The van der Waals surface area contributed by atoms with Gasteiger partial charge in [-0.05, 0) is 64.3 Å². The van der Waals surface area contributed by atoms with Crippen LogP contribution < -0.4 is 5.32 Å². The highest BCUT2D eigenvalue weighted by Crippen LogP contribution is 2.55. The van der Waals surface area contributed by atoms with E-state index in [0.717, 1.165) is 16.7 Å². The lowest BCUT2D eigenvalue weighted by molar-refractivity contribution is -0.300. The number of rotatable bonds is 31. The summed E-state index contributed by atoms with van der Waals surface area (Å²) in [4.78, 5) is 58.9. The van der Waals surface area contributed by atoms with Crippen LogP contribution in [0.15, 0.2) is 133 Å². The number of phosphoric ester groups is 1. The van der Waals surface area contributed by atoms with E-state index in [2.05, 4.69) is 21.9 Å². The molecule has 7 rings (SSSR count). The van der Waals surface area contributed by atoms with Crippen LogP contribution in [0.2, 0.25) is 18.1 Å². The van der Waals surface area contributed by atoms with E-state index in [0.29, 0.717) is 17.5 Å². The van der Waals surface area contributed by atoms with Crippen LogP contribution in [0.4, 0.5) is 4.79 Å². The van der Waals surface area contributed by atoms with Crippen LogP contribution >= 0.6 is 7.82 Å². The van der Waals surface area contributed by atoms with Gasteiger partial charge in [-0.15, -0.1) is 0 Å². The normalized spacial score (nSPS) is 24.0. The predicted molar refractivity (Wildman–Crippen MR) is 327 cm³/mol. The zero-order valence-corrected chi connectivity index (χ0v) is 53.8. The van der Waals surface area contributed by atoms with Crippen molar-refractivity contribution in [3.05, 3.63) is 166 Å². The van der Waals surface area contributed by atoms with Gasteiger partial charge < -0.3 is 57.1 Å². The largest absolute Gasteiger partial charge is 0.509 e. The molecule has 2 saturated heterocycles. The number of azide groups is 1. The molecule has 484 valence electrons. The minimum atomic E-state index is -4.67. The number of hydrogen-bond acceptors (Lipinski definition) is 20. The average molecular weight is 1270 g/mol. The monoisotopic (exact) mass is 1270 g/mol. The summed E-state index contributed by atoms with van der Waals surface area (Å²) in [6.45, 7) is 17.6. The molecule has 3 heterocycles. The maximum Gasteiger partial charge on any atom is 0.509 e. The molecule has 3 aliphatic rings. The molecular formula is C64H85N4O19PSi. The van der Waals surface area contributed by atoms with E-state index in [1.165, 1.54) is 6.08 Å². The second kappa shape index (κ2) is 34.2. The number of ether oxygens (including phenoxy) is 10. The fraction of sp³-hybridized carbons (Fsp3) is 0.531. The van der Waals surface area contributed by atoms with Crippen LogP contribution in [0.3, 0.4) is 0 Å². The summed E-state index contributed by atoms with van der Waals surface area (Å²) < 4.78 is 104. The van der Waals surface area contributed by atoms with Gasteiger partial charge in [0.05, 0.1) is 65.2 Å². The van der Waals surface area contributed by atoms with Crippen LogP contribution in [-0.4, -0.2) is 126 Å². The molecule has 23 nitrogen and oxygen atoms in total. The number of hydrogen-bond donors (Lipinski definition) is 1. The summed E-state index contributed by atoms with van der Waals surface area (Å²) >= 11 is 0. The van der Waals surface area contributed by atoms with Crippen molar-refractivity contribution in [2.45, 2.75) is 198 Å². The number of nitrogens with zero attached hydrogens (tertiary/aromatic N) is 3. The second-order valence-corrected chi connectivity index (χ2v) is 29.6. The van der Waals surface area contributed by atoms with E-state index in [1.807, 2.05) is 132 Å². The maximum atomic E-state index is 15.0. The lowest BCUT2D eigenvalue weighted by Gasteiger charge is -2.49. The van der Waals surface area contributed by atoms with E-state index in [-0.39, 0.29) is 71.9 Å². The highest BCUT2D eigenvalue weighted by atomic mass is 31.2. The molecule has 4 aromatic rings. The minimum absolute atomic E-state index is 0.0391. The Morgan fingerprint density at radius 1 is 0.719 bits per heavy atom. The molecule has 0 saturated carbocycles. The second-order valence-electron chi connectivity index (χ2n) is 23.2. The van der Waals surface area contributed by atoms with Gasteiger partial charge >= 0.3 is 25.9 Å². The number of esters is 2. The van der Waals surface area contributed by atoms with Crippen LogP contribution in [0.1, 0.15) is 101 Å². The maximum absolute atomic E-state index is 15.0. The molecule has 1 amide bonds. The fourth-order valence-corrected chi connectivity index (χ4v) is 12.1. The summed E-state index contributed by atoms with van der Waals surface area (Å²) in [5.74, 6) is -1.96. The number of benzene rings is 4. The number of fused-ring (bicyclic) bond motifs is 1. The molecule has 12 atom stereocenters. The molecule has 0 bridgehead atoms. The fourth-order valence-electron chi connectivity index (χ4n) is 9.67. The molecule has 1 N–H and O–H groups in total. The number of nitrogens with one attached hydrogen (secondary N) is 1.